The quantitative estimate of drug-likeness (QED) is 0.760. The zero-order chi connectivity index (χ0) is 11.6. The number of hydrogen-bond donors (Lipinski definition) is 0. The molecule has 0 spiro atoms. The van der Waals surface area contributed by atoms with Gasteiger partial charge in [0.05, 0.1) is 4.83 Å². The van der Waals surface area contributed by atoms with Crippen LogP contribution in [0, 0.1) is 0 Å². The summed E-state index contributed by atoms with van der Waals surface area (Å²) >= 11 is 8.68. The fourth-order valence-electron chi connectivity index (χ4n) is 1.18. The van der Waals surface area contributed by atoms with E-state index in [0.717, 1.165) is 0 Å². The number of halogens is 4. The van der Waals surface area contributed by atoms with Crippen LogP contribution in [-0.2, 0) is 4.79 Å². The molecule has 1 unspecified atom stereocenters. The maximum atomic E-state index is 12.6. The molecule has 0 aliphatic rings. The lowest BCUT2D eigenvalue weighted by atomic mass is 10.0. The second-order valence-electron chi connectivity index (χ2n) is 3.05. The number of carbonyl (C=O) groups is 1. The molecule has 15 heavy (non-hydrogen) atoms. The van der Waals surface area contributed by atoms with Gasteiger partial charge in [0.1, 0.15) is 5.78 Å². The van der Waals surface area contributed by atoms with Gasteiger partial charge in [0.15, 0.2) is 0 Å². The Kier molecular flexibility index (Phi) is 4.22. The molecule has 82 valence electrons. The van der Waals surface area contributed by atoms with E-state index in [-0.39, 0.29) is 21.9 Å². The first-order valence-corrected chi connectivity index (χ1v) is 5.45. The summed E-state index contributed by atoms with van der Waals surface area (Å²) in [6.07, 6.45) is -2.64. The SMILES string of the molecule is CC(=O)C(Br)c1ccc(Cl)cc1C(F)F. The van der Waals surface area contributed by atoms with Gasteiger partial charge in [0.25, 0.3) is 6.43 Å². The highest BCUT2D eigenvalue weighted by atomic mass is 79.9. The third-order valence-electron chi connectivity index (χ3n) is 1.91. The van der Waals surface area contributed by atoms with Crippen molar-refractivity contribution in [2.45, 2.75) is 18.2 Å². The maximum Gasteiger partial charge on any atom is 0.264 e. The van der Waals surface area contributed by atoms with Crippen molar-refractivity contribution in [2.24, 2.45) is 0 Å². The third kappa shape index (κ3) is 2.98. The molecule has 0 bridgehead atoms. The third-order valence-corrected chi connectivity index (χ3v) is 3.29. The summed E-state index contributed by atoms with van der Waals surface area (Å²) in [5, 5.41) is 0.234. The van der Waals surface area contributed by atoms with Crippen molar-refractivity contribution < 1.29 is 13.6 Å². The van der Waals surface area contributed by atoms with Crippen LogP contribution < -0.4 is 0 Å². The Bertz CT molecular complexity index is 382. The molecule has 1 nitrogen and oxygen atoms in total. The lowest BCUT2D eigenvalue weighted by Gasteiger charge is -2.12. The van der Waals surface area contributed by atoms with Crippen LogP contribution in [0.15, 0.2) is 18.2 Å². The fraction of sp³-hybridized carbons (Fsp3) is 0.300. The molecular weight excluding hydrogens is 289 g/mol. The van der Waals surface area contributed by atoms with E-state index in [0.29, 0.717) is 0 Å². The second kappa shape index (κ2) is 5.03. The largest absolute Gasteiger partial charge is 0.298 e. The average molecular weight is 298 g/mol. The molecular formula is C10H8BrClF2O. The van der Waals surface area contributed by atoms with Crippen molar-refractivity contribution in [2.75, 3.05) is 0 Å². The van der Waals surface area contributed by atoms with E-state index in [1.54, 1.807) is 0 Å². The number of alkyl halides is 3. The van der Waals surface area contributed by atoms with Gasteiger partial charge in [-0.15, -0.1) is 0 Å². The van der Waals surface area contributed by atoms with Gasteiger partial charge >= 0.3 is 0 Å². The maximum absolute atomic E-state index is 12.6. The van der Waals surface area contributed by atoms with Gasteiger partial charge in [-0.25, -0.2) is 8.78 Å². The van der Waals surface area contributed by atoms with E-state index < -0.39 is 11.3 Å². The van der Waals surface area contributed by atoms with Crippen molar-refractivity contribution >= 4 is 33.3 Å². The van der Waals surface area contributed by atoms with Crippen LogP contribution in [0.2, 0.25) is 5.02 Å². The normalized spacial score (nSPS) is 12.9. The summed E-state index contributed by atoms with van der Waals surface area (Å²) in [6, 6.07) is 4.10. The fourth-order valence-corrected chi connectivity index (χ4v) is 1.78. The smallest absolute Gasteiger partial charge is 0.264 e. The summed E-state index contributed by atoms with van der Waals surface area (Å²) in [5.41, 5.74) is 0.0569. The zero-order valence-electron chi connectivity index (χ0n) is 7.81. The van der Waals surface area contributed by atoms with Crippen molar-refractivity contribution in [1.29, 1.82) is 0 Å². The Labute approximate surface area is 99.6 Å². The minimum atomic E-state index is -2.64. The molecule has 0 aliphatic heterocycles. The Morgan fingerprint density at radius 2 is 2.00 bits per heavy atom. The number of hydrogen-bond acceptors (Lipinski definition) is 1. The molecule has 1 atom stereocenters. The number of benzene rings is 1. The second-order valence-corrected chi connectivity index (χ2v) is 4.40. The number of Topliss-reactive ketones (excluding diaryl/α,β-unsaturated/α-hetero) is 1. The molecule has 1 aromatic rings. The number of ketones is 1. The molecule has 0 fully saturated rings. The van der Waals surface area contributed by atoms with Crippen LogP contribution in [0.4, 0.5) is 8.78 Å². The highest BCUT2D eigenvalue weighted by molar-refractivity contribution is 9.09. The molecule has 0 amide bonds. The minimum Gasteiger partial charge on any atom is -0.298 e. The van der Waals surface area contributed by atoms with E-state index >= 15 is 0 Å². The van der Waals surface area contributed by atoms with Gasteiger partial charge in [0, 0.05) is 10.6 Å². The van der Waals surface area contributed by atoms with E-state index in [1.165, 1.54) is 25.1 Å². The van der Waals surface area contributed by atoms with Gasteiger partial charge in [-0.1, -0.05) is 33.6 Å². The van der Waals surface area contributed by atoms with E-state index in [2.05, 4.69) is 15.9 Å². The van der Waals surface area contributed by atoms with Crippen molar-refractivity contribution in [3.05, 3.63) is 34.3 Å². The van der Waals surface area contributed by atoms with Crippen LogP contribution >= 0.6 is 27.5 Å². The predicted molar refractivity (Wildman–Crippen MR) is 58.8 cm³/mol. The molecule has 0 N–H and O–H groups in total. The van der Waals surface area contributed by atoms with Crippen molar-refractivity contribution in [3.63, 3.8) is 0 Å². The number of rotatable bonds is 3. The van der Waals surface area contributed by atoms with Crippen molar-refractivity contribution in [3.8, 4) is 0 Å². The monoisotopic (exact) mass is 296 g/mol. The van der Waals surface area contributed by atoms with Crippen LogP contribution in [-0.4, -0.2) is 5.78 Å². The van der Waals surface area contributed by atoms with E-state index in [9.17, 15) is 13.6 Å². The van der Waals surface area contributed by atoms with Crippen LogP contribution in [0.5, 0.6) is 0 Å². The van der Waals surface area contributed by atoms with Gasteiger partial charge in [0.2, 0.25) is 0 Å². The first kappa shape index (κ1) is 12.6. The average Bonchev–Trinajstić information content (AvgIpc) is 2.16. The molecule has 1 aromatic carbocycles. The van der Waals surface area contributed by atoms with Crippen LogP contribution in [0.3, 0.4) is 0 Å². The van der Waals surface area contributed by atoms with E-state index in [1.807, 2.05) is 0 Å². The first-order chi connectivity index (χ1) is 6.93. The van der Waals surface area contributed by atoms with Gasteiger partial charge in [-0.3, -0.25) is 4.79 Å². The van der Waals surface area contributed by atoms with Gasteiger partial charge in [-0.05, 0) is 24.6 Å². The van der Waals surface area contributed by atoms with Crippen LogP contribution in [0.1, 0.15) is 29.3 Å². The minimum absolute atomic E-state index is 0.209. The van der Waals surface area contributed by atoms with Crippen molar-refractivity contribution in [1.82, 2.24) is 0 Å². The molecule has 0 saturated carbocycles. The predicted octanol–water partition coefficient (Wildman–Crippen LogP) is 4.30. The van der Waals surface area contributed by atoms with Gasteiger partial charge in [-0.2, -0.15) is 0 Å². The van der Waals surface area contributed by atoms with Crippen LogP contribution in [0.25, 0.3) is 0 Å². The highest BCUT2D eigenvalue weighted by Gasteiger charge is 2.21. The Morgan fingerprint density at radius 3 is 2.47 bits per heavy atom. The molecule has 0 heterocycles. The number of carbonyl (C=O) groups excluding carboxylic acids is 1. The first-order valence-electron chi connectivity index (χ1n) is 4.15. The molecule has 0 radical (unpaired) electrons. The topological polar surface area (TPSA) is 17.1 Å². The summed E-state index contributed by atoms with van der Waals surface area (Å²) in [5.74, 6) is -0.223. The zero-order valence-corrected chi connectivity index (χ0v) is 10.1. The Balaban J connectivity index is 3.22. The standard InChI is InChI=1S/C10H8BrClF2O/c1-5(15)9(11)7-3-2-6(12)4-8(7)10(13)14/h2-4,9-10H,1H3. The molecule has 0 aromatic heterocycles. The lowest BCUT2D eigenvalue weighted by Crippen LogP contribution is -2.05. The Hall–Kier alpha value is -0.480. The summed E-state index contributed by atoms with van der Waals surface area (Å²) in [4.78, 5) is 10.4. The molecule has 1 rings (SSSR count). The molecule has 5 heteroatoms. The van der Waals surface area contributed by atoms with Gasteiger partial charge < -0.3 is 0 Å². The summed E-state index contributed by atoms with van der Waals surface area (Å²) < 4.78 is 25.3. The molecule has 0 aliphatic carbocycles. The lowest BCUT2D eigenvalue weighted by molar-refractivity contribution is -0.116. The Morgan fingerprint density at radius 1 is 1.40 bits per heavy atom. The summed E-state index contributed by atoms with van der Waals surface area (Å²) in [6.45, 7) is 1.34. The molecule has 0 saturated heterocycles. The van der Waals surface area contributed by atoms with E-state index in [4.69, 9.17) is 11.6 Å². The summed E-state index contributed by atoms with van der Waals surface area (Å²) in [7, 11) is 0. The highest BCUT2D eigenvalue weighted by Crippen LogP contribution is 2.34.